The first-order valence-corrected chi connectivity index (χ1v) is 5.39. The van der Waals surface area contributed by atoms with Gasteiger partial charge in [0.05, 0.1) is 5.56 Å². The Balaban J connectivity index is 2.11. The Bertz CT molecular complexity index is 368. The highest BCUT2D eigenvalue weighted by Gasteiger charge is 2.26. The molecule has 2 rings (SSSR count). The van der Waals surface area contributed by atoms with Crippen molar-refractivity contribution < 1.29 is 4.79 Å². The predicted octanol–water partition coefficient (Wildman–Crippen LogP) is 0.102. The smallest absolute Gasteiger partial charge is 0.255 e. The number of carbonyl (C=O) groups is 1. The summed E-state index contributed by atoms with van der Waals surface area (Å²) in [4.78, 5) is 17.9. The molecule has 1 amide bonds. The van der Waals surface area contributed by atoms with E-state index in [2.05, 4.69) is 4.98 Å². The zero-order valence-corrected chi connectivity index (χ0v) is 9.34. The maximum atomic E-state index is 12.1. The van der Waals surface area contributed by atoms with Crippen LogP contribution in [0.2, 0.25) is 0 Å². The van der Waals surface area contributed by atoms with Crippen LogP contribution in [0.4, 0.5) is 0 Å². The molecular formula is C11H16N4O. The second-order valence-corrected chi connectivity index (χ2v) is 4.08. The fourth-order valence-corrected chi connectivity index (χ4v) is 1.94. The monoisotopic (exact) mass is 220 g/mol. The Kier molecular flexibility index (Phi) is 3.17. The third-order valence-electron chi connectivity index (χ3n) is 2.83. The van der Waals surface area contributed by atoms with E-state index in [-0.39, 0.29) is 11.9 Å². The average Bonchev–Trinajstić information content (AvgIpc) is 2.29. The van der Waals surface area contributed by atoms with Gasteiger partial charge >= 0.3 is 0 Å². The molecule has 1 aromatic heterocycles. The summed E-state index contributed by atoms with van der Waals surface area (Å²) >= 11 is 0. The molecule has 1 aliphatic rings. The molecular weight excluding hydrogens is 204 g/mol. The van der Waals surface area contributed by atoms with E-state index in [0.29, 0.717) is 18.7 Å². The molecule has 5 nitrogen and oxygen atoms in total. The van der Waals surface area contributed by atoms with Gasteiger partial charge in [0.25, 0.3) is 5.91 Å². The van der Waals surface area contributed by atoms with Crippen molar-refractivity contribution in [2.45, 2.75) is 13.0 Å². The number of rotatable bonds is 1. The van der Waals surface area contributed by atoms with Crippen molar-refractivity contribution in [3.8, 4) is 0 Å². The van der Waals surface area contributed by atoms with Crippen LogP contribution in [0.3, 0.4) is 0 Å². The summed E-state index contributed by atoms with van der Waals surface area (Å²) in [5, 5.41) is 1.75. The Labute approximate surface area is 94.8 Å². The zero-order valence-electron chi connectivity index (χ0n) is 9.34. The summed E-state index contributed by atoms with van der Waals surface area (Å²) in [5.74, 6) is 5.75. The third-order valence-corrected chi connectivity index (χ3v) is 2.83. The SMILES string of the molecule is C[C@H]1CN(N)CCN1C(=O)c1cccnc1. The largest absolute Gasteiger partial charge is 0.333 e. The lowest BCUT2D eigenvalue weighted by atomic mass is 10.1. The summed E-state index contributed by atoms with van der Waals surface area (Å²) in [5.41, 5.74) is 0.639. The minimum Gasteiger partial charge on any atom is -0.333 e. The predicted molar refractivity (Wildman–Crippen MR) is 60.5 cm³/mol. The van der Waals surface area contributed by atoms with E-state index in [9.17, 15) is 4.79 Å². The molecule has 1 aromatic rings. The fourth-order valence-electron chi connectivity index (χ4n) is 1.94. The number of aromatic nitrogens is 1. The molecule has 86 valence electrons. The van der Waals surface area contributed by atoms with Crippen LogP contribution in [0, 0.1) is 0 Å². The number of hydrazine groups is 1. The molecule has 1 saturated heterocycles. The van der Waals surface area contributed by atoms with Crippen molar-refractivity contribution in [2.75, 3.05) is 19.6 Å². The summed E-state index contributed by atoms with van der Waals surface area (Å²) in [6, 6.07) is 3.71. The van der Waals surface area contributed by atoms with Gasteiger partial charge in [-0.25, -0.2) is 5.01 Å². The van der Waals surface area contributed by atoms with Crippen LogP contribution in [0.25, 0.3) is 0 Å². The lowest BCUT2D eigenvalue weighted by molar-refractivity contribution is 0.0490. The Morgan fingerprint density at radius 3 is 3.00 bits per heavy atom. The lowest BCUT2D eigenvalue weighted by Crippen LogP contribution is -2.56. The molecule has 0 saturated carbocycles. The molecule has 0 unspecified atom stereocenters. The third kappa shape index (κ3) is 2.20. The number of nitrogens with zero attached hydrogens (tertiary/aromatic N) is 3. The van der Waals surface area contributed by atoms with Gasteiger partial charge < -0.3 is 4.90 Å². The summed E-state index contributed by atoms with van der Waals surface area (Å²) in [6.45, 7) is 4.11. The van der Waals surface area contributed by atoms with Crippen LogP contribution in [0.15, 0.2) is 24.5 Å². The number of nitrogens with two attached hydrogens (primary N) is 1. The summed E-state index contributed by atoms with van der Waals surface area (Å²) in [7, 11) is 0. The molecule has 2 N–H and O–H groups in total. The van der Waals surface area contributed by atoms with E-state index in [1.54, 1.807) is 29.5 Å². The van der Waals surface area contributed by atoms with E-state index < -0.39 is 0 Å². The van der Waals surface area contributed by atoms with Gasteiger partial charge in [-0.15, -0.1) is 0 Å². The highest BCUT2D eigenvalue weighted by molar-refractivity contribution is 5.94. The summed E-state index contributed by atoms with van der Waals surface area (Å²) < 4.78 is 0. The van der Waals surface area contributed by atoms with E-state index in [0.717, 1.165) is 6.54 Å². The topological polar surface area (TPSA) is 62.5 Å². The van der Waals surface area contributed by atoms with Gasteiger partial charge in [-0.2, -0.15) is 0 Å². The van der Waals surface area contributed by atoms with Gasteiger partial charge in [0, 0.05) is 38.1 Å². The lowest BCUT2D eigenvalue weighted by Gasteiger charge is -2.37. The molecule has 0 bridgehead atoms. The van der Waals surface area contributed by atoms with Gasteiger partial charge in [-0.3, -0.25) is 15.6 Å². The molecule has 0 aliphatic carbocycles. The van der Waals surface area contributed by atoms with Gasteiger partial charge in [-0.1, -0.05) is 0 Å². The van der Waals surface area contributed by atoms with E-state index >= 15 is 0 Å². The number of hydrogen-bond acceptors (Lipinski definition) is 4. The Morgan fingerprint density at radius 1 is 1.56 bits per heavy atom. The van der Waals surface area contributed by atoms with Crippen LogP contribution < -0.4 is 5.84 Å². The first kappa shape index (κ1) is 11.0. The van der Waals surface area contributed by atoms with Crippen LogP contribution >= 0.6 is 0 Å². The van der Waals surface area contributed by atoms with Gasteiger partial charge in [0.2, 0.25) is 0 Å². The van der Waals surface area contributed by atoms with Crippen molar-refractivity contribution in [3.05, 3.63) is 30.1 Å². The molecule has 2 heterocycles. The van der Waals surface area contributed by atoms with Gasteiger partial charge in [0.1, 0.15) is 0 Å². The average molecular weight is 220 g/mol. The molecule has 1 fully saturated rings. The second-order valence-electron chi connectivity index (χ2n) is 4.08. The number of carbonyl (C=O) groups excluding carboxylic acids is 1. The fraction of sp³-hybridized carbons (Fsp3) is 0.455. The molecule has 0 aromatic carbocycles. The van der Waals surface area contributed by atoms with Crippen LogP contribution in [-0.2, 0) is 0 Å². The molecule has 1 aliphatic heterocycles. The van der Waals surface area contributed by atoms with Crippen molar-refractivity contribution in [3.63, 3.8) is 0 Å². The standard InChI is InChI=1S/C11H16N4O/c1-9-8-14(12)5-6-15(9)11(16)10-3-2-4-13-7-10/h2-4,7,9H,5-6,8,12H2,1H3/t9-/m0/s1. The van der Waals surface area contributed by atoms with Crippen molar-refractivity contribution in [2.24, 2.45) is 5.84 Å². The second kappa shape index (κ2) is 4.59. The first-order chi connectivity index (χ1) is 7.68. The quantitative estimate of drug-likeness (QED) is 0.682. The maximum Gasteiger partial charge on any atom is 0.255 e. The van der Waals surface area contributed by atoms with Gasteiger partial charge in [0.15, 0.2) is 0 Å². The van der Waals surface area contributed by atoms with E-state index in [1.165, 1.54) is 0 Å². The number of piperazine rings is 1. The molecule has 0 radical (unpaired) electrons. The molecule has 16 heavy (non-hydrogen) atoms. The highest BCUT2D eigenvalue weighted by atomic mass is 16.2. The van der Waals surface area contributed by atoms with Crippen molar-refractivity contribution >= 4 is 5.91 Å². The van der Waals surface area contributed by atoms with Gasteiger partial charge in [-0.05, 0) is 19.1 Å². The number of amides is 1. The normalized spacial score (nSPS) is 22.1. The maximum absolute atomic E-state index is 12.1. The van der Waals surface area contributed by atoms with Crippen molar-refractivity contribution in [1.82, 2.24) is 14.9 Å². The zero-order chi connectivity index (χ0) is 11.5. The van der Waals surface area contributed by atoms with Crippen molar-refractivity contribution in [1.29, 1.82) is 0 Å². The Hall–Kier alpha value is -1.46. The van der Waals surface area contributed by atoms with Crippen LogP contribution in [0.1, 0.15) is 17.3 Å². The molecule has 1 atom stereocenters. The molecule has 5 heteroatoms. The van der Waals surface area contributed by atoms with Crippen LogP contribution in [-0.4, -0.2) is 46.5 Å². The Morgan fingerprint density at radius 2 is 2.38 bits per heavy atom. The van der Waals surface area contributed by atoms with Crippen LogP contribution in [0.5, 0.6) is 0 Å². The number of pyridine rings is 1. The number of hydrogen-bond donors (Lipinski definition) is 1. The first-order valence-electron chi connectivity index (χ1n) is 5.39. The molecule has 0 spiro atoms. The van der Waals surface area contributed by atoms with E-state index in [1.807, 2.05) is 11.8 Å². The van der Waals surface area contributed by atoms with E-state index in [4.69, 9.17) is 5.84 Å². The summed E-state index contributed by atoms with van der Waals surface area (Å²) in [6.07, 6.45) is 3.27. The highest BCUT2D eigenvalue weighted by Crippen LogP contribution is 2.11. The minimum absolute atomic E-state index is 0.0358. The minimum atomic E-state index is 0.0358.